The molecule has 32 heavy (non-hydrogen) atoms. The minimum absolute atomic E-state index is 0. The van der Waals surface area contributed by atoms with E-state index in [-0.39, 0.29) is 24.0 Å². The lowest BCUT2D eigenvalue weighted by Gasteiger charge is -2.36. The van der Waals surface area contributed by atoms with E-state index in [1.807, 2.05) is 4.90 Å². The van der Waals surface area contributed by atoms with Gasteiger partial charge < -0.3 is 19.9 Å². The van der Waals surface area contributed by atoms with Crippen molar-refractivity contribution in [1.29, 1.82) is 0 Å². The Bertz CT molecular complexity index is 541. The van der Waals surface area contributed by atoms with Gasteiger partial charge >= 0.3 is 0 Å². The first-order chi connectivity index (χ1) is 15.3. The van der Waals surface area contributed by atoms with Crippen LogP contribution in [0.25, 0.3) is 0 Å². The number of aliphatic imine (C=N–C) groups is 1. The van der Waals surface area contributed by atoms with Crippen molar-refractivity contribution in [3.8, 4) is 0 Å². The Labute approximate surface area is 212 Å². The average molecular weight is 564 g/mol. The van der Waals surface area contributed by atoms with Gasteiger partial charge in [-0.05, 0) is 45.4 Å². The van der Waals surface area contributed by atoms with Crippen molar-refractivity contribution in [2.45, 2.75) is 77.2 Å². The van der Waals surface area contributed by atoms with Crippen molar-refractivity contribution in [3.05, 3.63) is 0 Å². The predicted octanol–water partition coefficient (Wildman–Crippen LogP) is 3.33. The molecule has 3 aliphatic rings. The fourth-order valence-electron chi connectivity index (χ4n) is 4.86. The number of halogens is 1. The highest BCUT2D eigenvalue weighted by atomic mass is 127. The maximum Gasteiger partial charge on any atom is 0.236 e. The molecule has 1 saturated carbocycles. The Hall–Kier alpha value is -0.610. The van der Waals surface area contributed by atoms with Crippen LogP contribution in [0.15, 0.2) is 4.99 Å². The number of nitrogens with one attached hydrogen (secondary N) is 1. The van der Waals surface area contributed by atoms with Crippen LogP contribution in [-0.4, -0.2) is 98.2 Å². The largest absolute Gasteiger partial charge is 0.378 e. The zero-order chi connectivity index (χ0) is 21.7. The number of likely N-dealkylation sites (tertiary alicyclic amines) is 1. The van der Waals surface area contributed by atoms with Crippen molar-refractivity contribution in [2.75, 3.05) is 65.5 Å². The van der Waals surface area contributed by atoms with Gasteiger partial charge in [0.25, 0.3) is 0 Å². The highest BCUT2D eigenvalue weighted by molar-refractivity contribution is 14.0. The van der Waals surface area contributed by atoms with Crippen LogP contribution in [0.2, 0.25) is 0 Å². The molecule has 2 heterocycles. The van der Waals surface area contributed by atoms with Gasteiger partial charge in [0.1, 0.15) is 0 Å². The summed E-state index contributed by atoms with van der Waals surface area (Å²) in [5.41, 5.74) is 0. The van der Waals surface area contributed by atoms with Gasteiger partial charge in [0.05, 0.1) is 12.6 Å². The van der Waals surface area contributed by atoms with Crippen LogP contribution in [0.1, 0.15) is 71.1 Å². The molecule has 1 aliphatic carbocycles. The Balaban J connectivity index is 0.00000363. The Kier molecular flexibility index (Phi) is 13.9. The summed E-state index contributed by atoms with van der Waals surface area (Å²) in [6, 6.07) is 0. The molecule has 0 radical (unpaired) electrons. The lowest BCUT2D eigenvalue weighted by Crippen LogP contribution is -2.54. The van der Waals surface area contributed by atoms with Gasteiger partial charge in [-0.1, -0.05) is 25.7 Å². The summed E-state index contributed by atoms with van der Waals surface area (Å²) in [5.74, 6) is 1.33. The number of ether oxygens (including phenoxy) is 1. The number of hydrogen-bond donors (Lipinski definition) is 1. The lowest BCUT2D eigenvalue weighted by atomic mass is 10.1. The molecule has 1 amide bonds. The third kappa shape index (κ3) is 9.71. The maximum atomic E-state index is 12.4. The van der Waals surface area contributed by atoms with Crippen LogP contribution in [0.5, 0.6) is 0 Å². The summed E-state index contributed by atoms with van der Waals surface area (Å²) in [5, 5.41) is 3.45. The first-order valence-electron chi connectivity index (χ1n) is 12.9. The third-order valence-electron chi connectivity index (χ3n) is 6.79. The molecule has 8 heteroatoms. The molecule has 0 bridgehead atoms. The minimum atomic E-state index is 0. The summed E-state index contributed by atoms with van der Waals surface area (Å²) in [4.78, 5) is 23.9. The molecule has 2 saturated heterocycles. The summed E-state index contributed by atoms with van der Waals surface area (Å²) < 4.78 is 6.10. The topological polar surface area (TPSA) is 60.4 Å². The number of hydrogen-bond acceptors (Lipinski definition) is 4. The van der Waals surface area contributed by atoms with E-state index in [1.165, 1.54) is 38.5 Å². The van der Waals surface area contributed by atoms with Crippen molar-refractivity contribution in [2.24, 2.45) is 4.99 Å². The first-order valence-corrected chi connectivity index (χ1v) is 12.9. The number of carbonyl (C=O) groups is 1. The summed E-state index contributed by atoms with van der Waals surface area (Å²) in [6.07, 6.45) is 12.9. The molecule has 0 spiro atoms. The van der Waals surface area contributed by atoms with E-state index < -0.39 is 0 Å². The molecule has 7 nitrogen and oxygen atoms in total. The SMILES string of the molecule is CCNC(=NCCCCOC1CCCCCC1)N1CCN(CC(=O)N2CCCC2)CC1.I. The Morgan fingerprint density at radius 3 is 2.25 bits per heavy atom. The van der Waals surface area contributed by atoms with Crippen molar-refractivity contribution >= 4 is 35.8 Å². The number of piperazine rings is 1. The van der Waals surface area contributed by atoms with Gasteiger partial charge in [-0.3, -0.25) is 14.7 Å². The number of nitrogens with zero attached hydrogens (tertiary/aromatic N) is 4. The minimum Gasteiger partial charge on any atom is -0.378 e. The molecule has 0 aromatic heterocycles. The van der Waals surface area contributed by atoms with Crippen LogP contribution in [-0.2, 0) is 9.53 Å². The second kappa shape index (κ2) is 16.1. The standard InChI is InChI=1S/C24H45N5O2.HI/c1-2-25-24(26-13-7-10-20-31-22-11-5-3-4-6-12-22)29-18-16-27(17-19-29)21-23(30)28-14-8-9-15-28;/h22H,2-21H2,1H3,(H,25,26);1H. The van der Waals surface area contributed by atoms with Gasteiger partial charge in [-0.2, -0.15) is 0 Å². The van der Waals surface area contributed by atoms with Gasteiger partial charge in [0, 0.05) is 59.0 Å². The number of guanidine groups is 1. The second-order valence-electron chi connectivity index (χ2n) is 9.28. The quantitative estimate of drug-likeness (QED) is 0.153. The third-order valence-corrected chi connectivity index (χ3v) is 6.79. The van der Waals surface area contributed by atoms with Gasteiger partial charge in [-0.15, -0.1) is 24.0 Å². The number of carbonyl (C=O) groups excluding carboxylic acids is 1. The fraction of sp³-hybridized carbons (Fsp3) is 0.917. The molecule has 0 atom stereocenters. The van der Waals surface area contributed by atoms with E-state index in [4.69, 9.17) is 9.73 Å². The number of unbranched alkanes of at least 4 members (excludes halogenated alkanes) is 1. The van der Waals surface area contributed by atoms with E-state index in [0.29, 0.717) is 18.6 Å². The molecular formula is C24H46IN5O2. The summed E-state index contributed by atoms with van der Waals surface area (Å²) in [6.45, 7) is 10.9. The van der Waals surface area contributed by atoms with E-state index in [9.17, 15) is 4.79 Å². The number of amides is 1. The summed E-state index contributed by atoms with van der Waals surface area (Å²) >= 11 is 0. The predicted molar refractivity (Wildman–Crippen MR) is 142 cm³/mol. The Morgan fingerprint density at radius 2 is 1.59 bits per heavy atom. The second-order valence-corrected chi connectivity index (χ2v) is 9.28. The van der Waals surface area contributed by atoms with Crippen molar-refractivity contribution < 1.29 is 9.53 Å². The van der Waals surface area contributed by atoms with Crippen LogP contribution in [0.3, 0.4) is 0 Å². The van der Waals surface area contributed by atoms with Crippen LogP contribution in [0.4, 0.5) is 0 Å². The van der Waals surface area contributed by atoms with Crippen molar-refractivity contribution in [1.82, 2.24) is 20.0 Å². The zero-order valence-electron chi connectivity index (χ0n) is 20.2. The van der Waals surface area contributed by atoms with E-state index in [1.54, 1.807) is 0 Å². The van der Waals surface area contributed by atoms with E-state index in [2.05, 4.69) is 22.0 Å². The van der Waals surface area contributed by atoms with Crippen LogP contribution in [0, 0.1) is 0 Å². The van der Waals surface area contributed by atoms with Gasteiger partial charge in [-0.25, -0.2) is 0 Å². The normalized spacial score (nSPS) is 21.3. The zero-order valence-corrected chi connectivity index (χ0v) is 22.6. The first kappa shape index (κ1) is 27.6. The monoisotopic (exact) mass is 563 g/mol. The highest BCUT2D eigenvalue weighted by Crippen LogP contribution is 2.20. The molecule has 3 rings (SSSR count). The molecule has 0 aromatic carbocycles. The van der Waals surface area contributed by atoms with Crippen LogP contribution < -0.4 is 5.32 Å². The van der Waals surface area contributed by atoms with Crippen LogP contribution >= 0.6 is 24.0 Å². The molecule has 2 aliphatic heterocycles. The van der Waals surface area contributed by atoms with Gasteiger partial charge in [0.2, 0.25) is 5.91 Å². The maximum absolute atomic E-state index is 12.4. The molecule has 1 N–H and O–H groups in total. The van der Waals surface area contributed by atoms with Gasteiger partial charge in [0.15, 0.2) is 5.96 Å². The lowest BCUT2D eigenvalue weighted by molar-refractivity contribution is -0.131. The fourth-order valence-corrected chi connectivity index (χ4v) is 4.86. The average Bonchev–Trinajstić information content (AvgIpc) is 3.21. The van der Waals surface area contributed by atoms with Crippen molar-refractivity contribution in [3.63, 3.8) is 0 Å². The number of rotatable bonds is 9. The molecular weight excluding hydrogens is 517 g/mol. The summed E-state index contributed by atoms with van der Waals surface area (Å²) in [7, 11) is 0. The van der Waals surface area contributed by atoms with E-state index in [0.717, 1.165) is 90.6 Å². The van der Waals surface area contributed by atoms with E-state index >= 15 is 0 Å². The highest BCUT2D eigenvalue weighted by Gasteiger charge is 2.24. The molecule has 0 unspecified atom stereocenters. The smallest absolute Gasteiger partial charge is 0.236 e. The molecule has 186 valence electrons. The Morgan fingerprint density at radius 1 is 0.906 bits per heavy atom. The molecule has 0 aromatic rings. The molecule has 3 fully saturated rings.